The SMILES string of the molecule is Cc1ccc(C(=O)CSc2nc3sc4c(c3c(=O)n2Cc2ccccc2)CCCC4)cc1. The molecule has 1 aliphatic rings. The maximum Gasteiger partial charge on any atom is 0.263 e. The number of nitrogens with zero attached hydrogens (tertiary/aromatic N) is 2. The molecule has 0 fully saturated rings. The fraction of sp³-hybridized carbons (Fsp3) is 0.269. The largest absolute Gasteiger partial charge is 0.293 e. The number of rotatable bonds is 6. The molecular formula is C26H24N2O2S2. The van der Waals surface area contributed by atoms with Crippen LogP contribution in [0.25, 0.3) is 10.2 Å². The molecule has 0 radical (unpaired) electrons. The number of aromatic nitrogens is 2. The summed E-state index contributed by atoms with van der Waals surface area (Å²) in [6, 6.07) is 17.6. The van der Waals surface area contributed by atoms with Gasteiger partial charge in [0.2, 0.25) is 0 Å². The standard InChI is InChI=1S/C26H24N2O2S2/c1-17-11-13-19(14-12-17)21(29)16-31-26-27-24-23(20-9-5-6-10-22(20)32-24)25(30)28(26)15-18-7-3-2-4-8-18/h2-4,7-8,11-14H,5-6,9-10,15-16H2,1H3. The second-order valence-corrected chi connectivity index (χ2v) is 10.3. The van der Waals surface area contributed by atoms with Crippen molar-refractivity contribution in [2.24, 2.45) is 0 Å². The monoisotopic (exact) mass is 460 g/mol. The minimum absolute atomic E-state index is 0.0172. The number of Topliss-reactive ketones (excluding diaryl/α,β-unsaturated/α-hetero) is 1. The van der Waals surface area contributed by atoms with E-state index in [-0.39, 0.29) is 17.1 Å². The van der Waals surface area contributed by atoms with Crippen LogP contribution in [0.4, 0.5) is 0 Å². The molecule has 0 bridgehead atoms. The van der Waals surface area contributed by atoms with Crippen molar-refractivity contribution in [2.75, 3.05) is 5.75 Å². The first kappa shape index (κ1) is 21.2. The molecule has 1 aliphatic carbocycles. The Morgan fingerprint density at radius 3 is 2.59 bits per heavy atom. The number of thioether (sulfide) groups is 1. The first-order valence-corrected chi connectivity index (χ1v) is 12.7. The van der Waals surface area contributed by atoms with Crippen molar-refractivity contribution in [1.29, 1.82) is 0 Å². The molecule has 0 unspecified atom stereocenters. The summed E-state index contributed by atoms with van der Waals surface area (Å²) in [5, 5.41) is 1.40. The maximum atomic E-state index is 13.7. The van der Waals surface area contributed by atoms with Crippen LogP contribution in [0.15, 0.2) is 64.5 Å². The third-order valence-electron chi connectivity index (χ3n) is 5.93. The molecule has 0 spiro atoms. The second-order valence-electron chi connectivity index (χ2n) is 8.24. The summed E-state index contributed by atoms with van der Waals surface area (Å²) in [6.07, 6.45) is 4.28. The highest BCUT2D eigenvalue weighted by molar-refractivity contribution is 7.99. The van der Waals surface area contributed by atoms with Crippen LogP contribution in [0, 0.1) is 6.92 Å². The van der Waals surface area contributed by atoms with E-state index in [1.807, 2.05) is 61.5 Å². The highest BCUT2D eigenvalue weighted by Gasteiger charge is 2.22. The van der Waals surface area contributed by atoms with Crippen molar-refractivity contribution < 1.29 is 4.79 Å². The molecule has 0 N–H and O–H groups in total. The number of aryl methyl sites for hydroxylation is 3. The molecule has 0 saturated heterocycles. The summed E-state index contributed by atoms with van der Waals surface area (Å²) >= 11 is 3.01. The van der Waals surface area contributed by atoms with Gasteiger partial charge in [0.05, 0.1) is 17.7 Å². The minimum atomic E-state index is 0.0172. The molecular weight excluding hydrogens is 436 g/mol. The van der Waals surface area contributed by atoms with Gasteiger partial charge >= 0.3 is 0 Å². The van der Waals surface area contributed by atoms with Gasteiger partial charge in [-0.1, -0.05) is 71.9 Å². The Kier molecular flexibility index (Phi) is 5.98. The molecule has 0 aliphatic heterocycles. The lowest BCUT2D eigenvalue weighted by atomic mass is 9.97. The van der Waals surface area contributed by atoms with E-state index in [1.165, 1.54) is 28.6 Å². The number of carbonyl (C=O) groups excluding carboxylic acids is 1. The number of fused-ring (bicyclic) bond motifs is 3. The van der Waals surface area contributed by atoms with Crippen LogP contribution in [0.3, 0.4) is 0 Å². The lowest BCUT2D eigenvalue weighted by Crippen LogP contribution is -2.24. The van der Waals surface area contributed by atoms with Gasteiger partial charge in [0, 0.05) is 10.4 Å². The van der Waals surface area contributed by atoms with Crippen LogP contribution >= 0.6 is 23.1 Å². The smallest absolute Gasteiger partial charge is 0.263 e. The molecule has 5 rings (SSSR count). The highest BCUT2D eigenvalue weighted by atomic mass is 32.2. The van der Waals surface area contributed by atoms with Crippen molar-refractivity contribution in [1.82, 2.24) is 9.55 Å². The molecule has 4 aromatic rings. The van der Waals surface area contributed by atoms with E-state index < -0.39 is 0 Å². The highest BCUT2D eigenvalue weighted by Crippen LogP contribution is 2.35. The van der Waals surface area contributed by atoms with Gasteiger partial charge in [-0.05, 0) is 43.7 Å². The van der Waals surface area contributed by atoms with Crippen LogP contribution in [-0.2, 0) is 19.4 Å². The third-order valence-corrected chi connectivity index (χ3v) is 8.09. The van der Waals surface area contributed by atoms with Crippen molar-refractivity contribution in [2.45, 2.75) is 44.3 Å². The molecule has 162 valence electrons. The van der Waals surface area contributed by atoms with Crippen LogP contribution in [-0.4, -0.2) is 21.1 Å². The average Bonchev–Trinajstić information content (AvgIpc) is 3.19. The maximum absolute atomic E-state index is 13.7. The van der Waals surface area contributed by atoms with E-state index in [2.05, 4.69) is 0 Å². The topological polar surface area (TPSA) is 52.0 Å². The van der Waals surface area contributed by atoms with E-state index >= 15 is 0 Å². The molecule has 4 nitrogen and oxygen atoms in total. The van der Waals surface area contributed by atoms with E-state index in [1.54, 1.807) is 15.9 Å². The predicted molar refractivity (Wildman–Crippen MR) is 132 cm³/mol. The summed E-state index contributed by atoms with van der Waals surface area (Å²) < 4.78 is 1.76. The fourth-order valence-corrected chi connectivity index (χ4v) is 6.38. The molecule has 6 heteroatoms. The average molecular weight is 461 g/mol. The molecule has 0 saturated carbocycles. The van der Waals surface area contributed by atoms with Gasteiger partial charge in [-0.2, -0.15) is 0 Å². The number of benzene rings is 2. The summed E-state index contributed by atoms with van der Waals surface area (Å²) in [6.45, 7) is 2.46. The summed E-state index contributed by atoms with van der Waals surface area (Å²) in [5.41, 5.74) is 4.07. The Balaban J connectivity index is 1.53. The summed E-state index contributed by atoms with van der Waals surface area (Å²) in [5.74, 6) is 0.294. The van der Waals surface area contributed by atoms with Gasteiger partial charge in [0.15, 0.2) is 10.9 Å². The van der Waals surface area contributed by atoms with Crippen molar-refractivity contribution >= 4 is 39.1 Å². The van der Waals surface area contributed by atoms with Gasteiger partial charge in [0.1, 0.15) is 4.83 Å². The van der Waals surface area contributed by atoms with Gasteiger partial charge in [-0.25, -0.2) is 4.98 Å². The van der Waals surface area contributed by atoms with Crippen LogP contribution in [0.1, 0.15) is 44.8 Å². The molecule has 2 heterocycles. The van der Waals surface area contributed by atoms with E-state index in [0.29, 0.717) is 17.3 Å². The third kappa shape index (κ3) is 4.17. The molecule has 2 aromatic carbocycles. The molecule has 32 heavy (non-hydrogen) atoms. The fourth-order valence-electron chi connectivity index (χ4n) is 4.19. The van der Waals surface area contributed by atoms with Gasteiger partial charge in [-0.15, -0.1) is 11.3 Å². The summed E-state index contributed by atoms with van der Waals surface area (Å²) in [7, 11) is 0. The van der Waals surface area contributed by atoms with Gasteiger partial charge in [0.25, 0.3) is 5.56 Å². The van der Waals surface area contributed by atoms with Crippen molar-refractivity contribution in [3.05, 3.63) is 92.1 Å². The van der Waals surface area contributed by atoms with E-state index in [4.69, 9.17) is 4.98 Å². The number of hydrogen-bond acceptors (Lipinski definition) is 5. The Hall–Kier alpha value is -2.70. The zero-order valence-corrected chi connectivity index (χ0v) is 19.6. The lowest BCUT2D eigenvalue weighted by Gasteiger charge is -2.13. The number of carbonyl (C=O) groups is 1. The zero-order chi connectivity index (χ0) is 22.1. The Morgan fingerprint density at radius 1 is 1.06 bits per heavy atom. The van der Waals surface area contributed by atoms with Gasteiger partial charge < -0.3 is 0 Å². The number of hydrogen-bond donors (Lipinski definition) is 0. The molecule has 2 aromatic heterocycles. The second kappa shape index (κ2) is 9.04. The molecule has 0 amide bonds. The van der Waals surface area contributed by atoms with Crippen molar-refractivity contribution in [3.63, 3.8) is 0 Å². The number of thiophene rings is 1. The van der Waals surface area contributed by atoms with Crippen LogP contribution in [0.2, 0.25) is 0 Å². The van der Waals surface area contributed by atoms with Gasteiger partial charge in [-0.3, -0.25) is 14.2 Å². The number of ketones is 1. The first-order chi connectivity index (χ1) is 15.6. The predicted octanol–water partition coefficient (Wildman–Crippen LogP) is 5.67. The first-order valence-electron chi connectivity index (χ1n) is 10.9. The Morgan fingerprint density at radius 2 is 1.81 bits per heavy atom. The molecule has 0 atom stereocenters. The zero-order valence-electron chi connectivity index (χ0n) is 18.0. The van der Waals surface area contributed by atoms with Crippen molar-refractivity contribution in [3.8, 4) is 0 Å². The quantitative estimate of drug-likeness (QED) is 0.211. The summed E-state index contributed by atoms with van der Waals surface area (Å²) in [4.78, 5) is 33.5. The van der Waals surface area contributed by atoms with E-state index in [9.17, 15) is 9.59 Å². The Labute approximate surface area is 195 Å². The van der Waals surface area contributed by atoms with Crippen LogP contribution in [0.5, 0.6) is 0 Å². The van der Waals surface area contributed by atoms with E-state index in [0.717, 1.165) is 40.6 Å². The normalized spacial score (nSPS) is 13.3. The lowest BCUT2D eigenvalue weighted by molar-refractivity contribution is 0.102. The Bertz CT molecular complexity index is 1340. The minimum Gasteiger partial charge on any atom is -0.293 e. The van der Waals surface area contributed by atoms with Crippen LogP contribution < -0.4 is 5.56 Å².